The number of rotatable bonds is 8. The Balaban J connectivity index is 0.00000196. The van der Waals surface area contributed by atoms with E-state index in [1.54, 1.807) is 7.11 Å². The molecule has 0 aliphatic carbocycles. The molecule has 2 N–H and O–H groups in total. The van der Waals surface area contributed by atoms with Crippen molar-refractivity contribution in [3.8, 4) is 0 Å². The van der Waals surface area contributed by atoms with E-state index in [1.165, 1.54) is 12.0 Å². The molecule has 2 heterocycles. The second-order valence-electron chi connectivity index (χ2n) is 7.86. The highest BCUT2D eigenvalue weighted by atomic mass is 35.5. The number of carbonyl (C=O) groups is 1. The molecule has 3 rings (SSSR count). The average molecular weight is 432 g/mol. The molecular formula is C21H35Cl2N3O2. The smallest absolute Gasteiger partial charge is 0.228 e. The third kappa shape index (κ3) is 6.89. The molecular weight excluding hydrogens is 397 g/mol. The Bertz CT molecular complexity index is 563. The second-order valence-corrected chi connectivity index (χ2v) is 7.86. The first kappa shape index (κ1) is 25.2. The quantitative estimate of drug-likeness (QED) is 0.663. The van der Waals surface area contributed by atoms with Crippen molar-refractivity contribution in [2.45, 2.75) is 25.7 Å². The van der Waals surface area contributed by atoms with E-state index in [4.69, 9.17) is 4.74 Å². The van der Waals surface area contributed by atoms with Crippen molar-refractivity contribution >= 4 is 30.7 Å². The summed E-state index contributed by atoms with van der Waals surface area (Å²) in [6, 6.07) is 10.7. The summed E-state index contributed by atoms with van der Waals surface area (Å²) in [5.74, 6) is 0.750. The molecule has 0 radical (unpaired) electrons. The fourth-order valence-corrected chi connectivity index (χ4v) is 4.26. The number of nitrogens with zero attached hydrogens (tertiary/aromatic N) is 1. The van der Waals surface area contributed by atoms with Crippen molar-refractivity contribution in [3.05, 3.63) is 35.9 Å². The summed E-state index contributed by atoms with van der Waals surface area (Å²) < 4.78 is 5.37. The van der Waals surface area contributed by atoms with Crippen LogP contribution in [0.2, 0.25) is 0 Å². The van der Waals surface area contributed by atoms with E-state index in [1.807, 2.05) is 0 Å². The molecule has 0 spiro atoms. The molecule has 1 atom stereocenters. The highest BCUT2D eigenvalue weighted by Gasteiger charge is 2.39. The molecule has 0 aromatic heterocycles. The largest absolute Gasteiger partial charge is 0.384 e. The van der Waals surface area contributed by atoms with Crippen molar-refractivity contribution in [1.82, 2.24) is 15.5 Å². The number of likely N-dealkylation sites (tertiary alicyclic amines) is 1. The third-order valence-corrected chi connectivity index (χ3v) is 5.94. The summed E-state index contributed by atoms with van der Waals surface area (Å²) in [5.41, 5.74) is 1.06. The van der Waals surface area contributed by atoms with E-state index >= 15 is 0 Å². The van der Waals surface area contributed by atoms with Crippen LogP contribution in [-0.4, -0.2) is 63.8 Å². The van der Waals surface area contributed by atoms with Gasteiger partial charge in [0, 0.05) is 26.7 Å². The minimum absolute atomic E-state index is 0. The SMILES string of the molecule is COCC1(C(=O)NCC2CCN(CCc3ccccc3)C2)CCNCC1.Cl.Cl. The minimum Gasteiger partial charge on any atom is -0.384 e. The number of nitrogens with one attached hydrogen (secondary N) is 2. The Morgan fingerprint density at radius 1 is 1.25 bits per heavy atom. The van der Waals surface area contributed by atoms with Gasteiger partial charge in [0.2, 0.25) is 5.91 Å². The maximum atomic E-state index is 12.8. The first-order valence-electron chi connectivity index (χ1n) is 9.96. The van der Waals surface area contributed by atoms with Crippen LogP contribution < -0.4 is 10.6 Å². The molecule has 2 aliphatic rings. The predicted molar refractivity (Wildman–Crippen MR) is 119 cm³/mol. The lowest BCUT2D eigenvalue weighted by Crippen LogP contribution is -2.51. The highest BCUT2D eigenvalue weighted by molar-refractivity contribution is 5.85. The molecule has 5 nitrogen and oxygen atoms in total. The molecule has 7 heteroatoms. The van der Waals surface area contributed by atoms with Crippen LogP contribution in [-0.2, 0) is 16.0 Å². The molecule has 160 valence electrons. The summed E-state index contributed by atoms with van der Waals surface area (Å²) in [5, 5.41) is 6.58. The molecule has 1 amide bonds. The standard InChI is InChI=1S/C21H33N3O2.2ClH/c1-26-17-21(9-11-22-12-10-21)20(25)23-15-19-8-14-24(16-19)13-7-18-5-3-2-4-6-18;;/h2-6,19,22H,7-17H2,1H3,(H,23,25);2*1H. The molecule has 2 saturated heterocycles. The van der Waals surface area contributed by atoms with Crippen molar-refractivity contribution in [1.29, 1.82) is 0 Å². The van der Waals surface area contributed by atoms with Crippen LogP contribution >= 0.6 is 24.8 Å². The Morgan fingerprint density at radius 2 is 1.96 bits per heavy atom. The van der Waals surface area contributed by atoms with E-state index in [2.05, 4.69) is 45.9 Å². The topological polar surface area (TPSA) is 53.6 Å². The summed E-state index contributed by atoms with van der Waals surface area (Å²) in [6.45, 7) is 6.44. The van der Waals surface area contributed by atoms with E-state index in [0.29, 0.717) is 12.5 Å². The zero-order valence-electron chi connectivity index (χ0n) is 16.8. The van der Waals surface area contributed by atoms with Crippen molar-refractivity contribution in [2.75, 3.05) is 53.0 Å². The van der Waals surface area contributed by atoms with Gasteiger partial charge in [0.05, 0.1) is 12.0 Å². The highest BCUT2D eigenvalue weighted by Crippen LogP contribution is 2.29. The maximum absolute atomic E-state index is 12.8. The van der Waals surface area contributed by atoms with Crippen LogP contribution in [0.1, 0.15) is 24.8 Å². The first-order chi connectivity index (χ1) is 12.7. The molecule has 2 aliphatic heterocycles. The lowest BCUT2D eigenvalue weighted by Gasteiger charge is -2.35. The van der Waals surface area contributed by atoms with Gasteiger partial charge in [-0.3, -0.25) is 4.79 Å². The first-order valence-corrected chi connectivity index (χ1v) is 9.96. The molecule has 1 unspecified atom stereocenters. The molecule has 1 aromatic carbocycles. The minimum atomic E-state index is -0.342. The van der Waals surface area contributed by atoms with Gasteiger partial charge in [-0.2, -0.15) is 0 Å². The van der Waals surface area contributed by atoms with Gasteiger partial charge in [-0.15, -0.1) is 24.8 Å². The van der Waals surface area contributed by atoms with Crippen LogP contribution in [0.25, 0.3) is 0 Å². The van der Waals surface area contributed by atoms with Crippen LogP contribution in [0.3, 0.4) is 0 Å². The van der Waals surface area contributed by atoms with E-state index in [-0.39, 0.29) is 36.1 Å². The Hall–Kier alpha value is -0.850. The van der Waals surface area contributed by atoms with Gasteiger partial charge in [0.15, 0.2) is 0 Å². The number of carbonyl (C=O) groups excluding carboxylic acids is 1. The van der Waals surface area contributed by atoms with Crippen molar-refractivity contribution in [2.24, 2.45) is 11.3 Å². The summed E-state index contributed by atoms with van der Waals surface area (Å²) in [6.07, 6.45) is 4.00. The maximum Gasteiger partial charge on any atom is 0.228 e. The average Bonchev–Trinajstić information content (AvgIpc) is 3.14. The second kappa shape index (κ2) is 12.7. The predicted octanol–water partition coefficient (Wildman–Crippen LogP) is 2.53. The van der Waals surface area contributed by atoms with Crippen LogP contribution in [0, 0.1) is 11.3 Å². The summed E-state index contributed by atoms with van der Waals surface area (Å²) >= 11 is 0. The fraction of sp³-hybridized carbons (Fsp3) is 0.667. The van der Waals surface area contributed by atoms with Crippen LogP contribution in [0.15, 0.2) is 30.3 Å². The van der Waals surface area contributed by atoms with Crippen LogP contribution in [0.5, 0.6) is 0 Å². The van der Waals surface area contributed by atoms with Gasteiger partial charge < -0.3 is 20.3 Å². The van der Waals surface area contributed by atoms with Gasteiger partial charge in [0.1, 0.15) is 0 Å². The Labute approximate surface area is 181 Å². The monoisotopic (exact) mass is 431 g/mol. The molecule has 0 saturated carbocycles. The molecule has 1 aromatic rings. The van der Waals surface area contributed by atoms with Gasteiger partial charge in [-0.1, -0.05) is 30.3 Å². The number of piperidine rings is 1. The fourth-order valence-electron chi connectivity index (χ4n) is 4.26. The van der Waals surface area contributed by atoms with Gasteiger partial charge in [0.25, 0.3) is 0 Å². The summed E-state index contributed by atoms with van der Waals surface area (Å²) in [7, 11) is 1.69. The Kier molecular flexibility index (Phi) is 11.4. The number of amides is 1. The van der Waals surface area contributed by atoms with Gasteiger partial charge >= 0.3 is 0 Å². The number of halogens is 2. The van der Waals surface area contributed by atoms with Crippen molar-refractivity contribution in [3.63, 3.8) is 0 Å². The normalized spacial score (nSPS) is 21.4. The molecule has 2 fully saturated rings. The van der Waals surface area contributed by atoms with E-state index in [9.17, 15) is 4.79 Å². The number of hydrogen-bond acceptors (Lipinski definition) is 4. The van der Waals surface area contributed by atoms with Crippen LogP contribution in [0.4, 0.5) is 0 Å². The lowest BCUT2D eigenvalue weighted by atomic mass is 9.78. The number of ether oxygens (including phenoxy) is 1. The third-order valence-electron chi connectivity index (χ3n) is 5.94. The zero-order valence-corrected chi connectivity index (χ0v) is 18.5. The van der Waals surface area contributed by atoms with Gasteiger partial charge in [-0.25, -0.2) is 0 Å². The lowest BCUT2D eigenvalue weighted by molar-refractivity contribution is -0.136. The molecule has 28 heavy (non-hydrogen) atoms. The number of hydrogen-bond donors (Lipinski definition) is 2. The Morgan fingerprint density at radius 3 is 2.64 bits per heavy atom. The molecule has 0 bridgehead atoms. The number of benzene rings is 1. The van der Waals surface area contributed by atoms with Crippen molar-refractivity contribution < 1.29 is 9.53 Å². The van der Waals surface area contributed by atoms with E-state index in [0.717, 1.165) is 58.5 Å². The van der Waals surface area contributed by atoms with Gasteiger partial charge in [-0.05, 0) is 56.8 Å². The van der Waals surface area contributed by atoms with E-state index < -0.39 is 0 Å². The summed E-state index contributed by atoms with van der Waals surface area (Å²) in [4.78, 5) is 15.4. The number of methoxy groups -OCH3 is 1. The zero-order chi connectivity index (χ0) is 18.2.